The summed E-state index contributed by atoms with van der Waals surface area (Å²) in [6.07, 6.45) is 1.73. The van der Waals surface area contributed by atoms with Gasteiger partial charge in [-0.05, 0) is 19.9 Å². The van der Waals surface area contributed by atoms with E-state index in [4.69, 9.17) is 11.6 Å². The van der Waals surface area contributed by atoms with Crippen molar-refractivity contribution in [1.29, 1.82) is 0 Å². The number of piperazine rings is 1. The van der Waals surface area contributed by atoms with Crippen LogP contribution in [0.1, 0.15) is 19.4 Å². The van der Waals surface area contributed by atoms with Crippen molar-refractivity contribution < 1.29 is 0 Å². The maximum absolute atomic E-state index is 6.07. The largest absolute Gasteiger partial charge is 0.311 e. The van der Waals surface area contributed by atoms with Crippen LogP contribution in [0.15, 0.2) is 18.3 Å². The fourth-order valence-corrected chi connectivity index (χ4v) is 2.25. The van der Waals surface area contributed by atoms with Gasteiger partial charge in [0.15, 0.2) is 0 Å². The SMILES string of the molecule is CC1CN(Cc2cccnc2Cl)C(C)CN1. The van der Waals surface area contributed by atoms with Gasteiger partial charge in [-0.15, -0.1) is 0 Å². The van der Waals surface area contributed by atoms with Crippen molar-refractivity contribution in [1.82, 2.24) is 15.2 Å². The molecule has 1 fully saturated rings. The molecule has 3 nitrogen and oxygen atoms in total. The van der Waals surface area contributed by atoms with Gasteiger partial charge in [-0.3, -0.25) is 4.90 Å². The Balaban J connectivity index is 2.06. The Kier molecular flexibility index (Phi) is 3.79. The third kappa shape index (κ3) is 2.73. The van der Waals surface area contributed by atoms with E-state index in [1.807, 2.05) is 6.07 Å². The zero-order valence-electron chi connectivity index (χ0n) is 9.78. The molecule has 4 heteroatoms. The summed E-state index contributed by atoms with van der Waals surface area (Å²) in [4.78, 5) is 6.56. The molecule has 0 aromatic carbocycles. The lowest BCUT2D eigenvalue weighted by Crippen LogP contribution is -2.53. The van der Waals surface area contributed by atoms with Gasteiger partial charge in [0.1, 0.15) is 5.15 Å². The van der Waals surface area contributed by atoms with Crippen molar-refractivity contribution in [2.45, 2.75) is 32.5 Å². The zero-order chi connectivity index (χ0) is 11.5. The topological polar surface area (TPSA) is 28.2 Å². The van der Waals surface area contributed by atoms with E-state index < -0.39 is 0 Å². The third-order valence-corrected chi connectivity index (χ3v) is 3.44. The van der Waals surface area contributed by atoms with E-state index in [1.165, 1.54) is 0 Å². The number of aromatic nitrogens is 1. The molecule has 2 heterocycles. The fraction of sp³-hybridized carbons (Fsp3) is 0.583. The van der Waals surface area contributed by atoms with E-state index in [0.29, 0.717) is 17.2 Å². The predicted molar refractivity (Wildman–Crippen MR) is 66.6 cm³/mol. The van der Waals surface area contributed by atoms with E-state index in [9.17, 15) is 0 Å². The van der Waals surface area contributed by atoms with Gasteiger partial charge in [0, 0.05) is 43.5 Å². The highest BCUT2D eigenvalue weighted by atomic mass is 35.5. The molecule has 0 spiro atoms. The molecule has 1 aliphatic rings. The quantitative estimate of drug-likeness (QED) is 0.800. The Hall–Kier alpha value is -0.640. The van der Waals surface area contributed by atoms with E-state index in [2.05, 4.69) is 35.1 Å². The molecule has 88 valence electrons. The van der Waals surface area contributed by atoms with Crippen molar-refractivity contribution in [3.05, 3.63) is 29.0 Å². The number of nitrogens with one attached hydrogen (secondary N) is 1. The Morgan fingerprint density at radius 2 is 2.38 bits per heavy atom. The molecule has 2 atom stereocenters. The second-order valence-electron chi connectivity index (χ2n) is 4.54. The van der Waals surface area contributed by atoms with Crippen LogP contribution in [0.4, 0.5) is 0 Å². The molecule has 16 heavy (non-hydrogen) atoms. The van der Waals surface area contributed by atoms with Gasteiger partial charge in [-0.1, -0.05) is 17.7 Å². The van der Waals surface area contributed by atoms with Gasteiger partial charge in [0.05, 0.1) is 0 Å². The van der Waals surface area contributed by atoms with Gasteiger partial charge in [-0.2, -0.15) is 0 Å². The fourth-order valence-electron chi connectivity index (χ4n) is 2.07. The first-order valence-electron chi connectivity index (χ1n) is 5.73. The summed E-state index contributed by atoms with van der Waals surface area (Å²) in [5, 5.41) is 4.10. The number of pyridine rings is 1. The first-order chi connectivity index (χ1) is 7.66. The predicted octanol–water partition coefficient (Wildman–Crippen LogP) is 1.92. The van der Waals surface area contributed by atoms with Crippen molar-refractivity contribution >= 4 is 11.6 Å². The van der Waals surface area contributed by atoms with Crippen LogP contribution in [0.3, 0.4) is 0 Å². The van der Waals surface area contributed by atoms with E-state index in [0.717, 1.165) is 25.2 Å². The third-order valence-electron chi connectivity index (χ3n) is 3.10. The molecule has 0 saturated carbocycles. The summed E-state index contributed by atoms with van der Waals surface area (Å²) in [7, 11) is 0. The molecule has 0 radical (unpaired) electrons. The molecule has 1 saturated heterocycles. The van der Waals surface area contributed by atoms with Crippen molar-refractivity contribution in [3.63, 3.8) is 0 Å². The lowest BCUT2D eigenvalue weighted by molar-refractivity contribution is 0.139. The lowest BCUT2D eigenvalue weighted by atomic mass is 10.1. The Labute approximate surface area is 102 Å². The first-order valence-corrected chi connectivity index (χ1v) is 6.11. The molecule has 1 aliphatic heterocycles. The van der Waals surface area contributed by atoms with Gasteiger partial charge in [0.2, 0.25) is 0 Å². The first kappa shape index (κ1) is 11.8. The van der Waals surface area contributed by atoms with Gasteiger partial charge >= 0.3 is 0 Å². The van der Waals surface area contributed by atoms with Crippen molar-refractivity contribution in [3.8, 4) is 0 Å². The number of halogens is 1. The second-order valence-corrected chi connectivity index (χ2v) is 4.90. The molecular formula is C12H18ClN3. The molecule has 1 aromatic rings. The van der Waals surface area contributed by atoms with Gasteiger partial charge in [-0.25, -0.2) is 4.98 Å². The maximum Gasteiger partial charge on any atom is 0.133 e. The van der Waals surface area contributed by atoms with E-state index in [1.54, 1.807) is 6.20 Å². The van der Waals surface area contributed by atoms with Crippen molar-refractivity contribution in [2.24, 2.45) is 0 Å². The van der Waals surface area contributed by atoms with Crippen LogP contribution < -0.4 is 5.32 Å². The Morgan fingerprint density at radius 1 is 1.56 bits per heavy atom. The molecule has 1 aromatic heterocycles. The number of hydrogen-bond acceptors (Lipinski definition) is 3. The van der Waals surface area contributed by atoms with Crippen LogP contribution in [0.2, 0.25) is 5.15 Å². The Morgan fingerprint density at radius 3 is 3.12 bits per heavy atom. The summed E-state index contributed by atoms with van der Waals surface area (Å²) >= 11 is 6.07. The van der Waals surface area contributed by atoms with Gasteiger partial charge in [0.25, 0.3) is 0 Å². The average molecular weight is 240 g/mol. The molecule has 0 aliphatic carbocycles. The second kappa shape index (κ2) is 5.13. The number of hydrogen-bond donors (Lipinski definition) is 1. The summed E-state index contributed by atoms with van der Waals surface area (Å²) in [6.45, 7) is 7.44. The highest BCUT2D eigenvalue weighted by Gasteiger charge is 2.22. The summed E-state index contributed by atoms with van der Waals surface area (Å²) in [5.41, 5.74) is 1.12. The standard InChI is InChI=1S/C12H18ClN3/c1-9-7-16(10(2)6-15-9)8-11-4-3-5-14-12(11)13/h3-5,9-10,15H,6-8H2,1-2H3. The van der Waals surface area contributed by atoms with Crippen LogP contribution in [0.25, 0.3) is 0 Å². The van der Waals surface area contributed by atoms with Crippen LogP contribution in [-0.4, -0.2) is 35.1 Å². The van der Waals surface area contributed by atoms with Crippen LogP contribution in [-0.2, 0) is 6.54 Å². The molecule has 2 rings (SSSR count). The molecule has 2 unspecified atom stereocenters. The minimum Gasteiger partial charge on any atom is -0.311 e. The molecule has 0 bridgehead atoms. The monoisotopic (exact) mass is 239 g/mol. The maximum atomic E-state index is 6.07. The number of rotatable bonds is 2. The Bertz CT molecular complexity index is 356. The molecule has 1 N–H and O–H groups in total. The number of nitrogens with zero attached hydrogens (tertiary/aromatic N) is 2. The summed E-state index contributed by atoms with van der Waals surface area (Å²) < 4.78 is 0. The lowest BCUT2D eigenvalue weighted by Gasteiger charge is -2.37. The van der Waals surface area contributed by atoms with E-state index >= 15 is 0 Å². The van der Waals surface area contributed by atoms with Crippen LogP contribution in [0, 0.1) is 0 Å². The average Bonchev–Trinajstić information content (AvgIpc) is 2.27. The van der Waals surface area contributed by atoms with Gasteiger partial charge < -0.3 is 5.32 Å². The smallest absolute Gasteiger partial charge is 0.133 e. The summed E-state index contributed by atoms with van der Waals surface area (Å²) in [5.74, 6) is 0. The normalized spacial score (nSPS) is 26.9. The highest BCUT2D eigenvalue weighted by molar-refractivity contribution is 6.30. The van der Waals surface area contributed by atoms with Crippen molar-refractivity contribution in [2.75, 3.05) is 13.1 Å². The highest BCUT2D eigenvalue weighted by Crippen LogP contribution is 2.17. The minimum atomic E-state index is 0.548. The molecule has 0 amide bonds. The van der Waals surface area contributed by atoms with E-state index in [-0.39, 0.29) is 0 Å². The van der Waals surface area contributed by atoms with Crippen LogP contribution in [0.5, 0.6) is 0 Å². The van der Waals surface area contributed by atoms with Crippen LogP contribution >= 0.6 is 11.6 Å². The minimum absolute atomic E-state index is 0.548. The summed E-state index contributed by atoms with van der Waals surface area (Å²) in [6, 6.07) is 5.09. The molecular weight excluding hydrogens is 222 g/mol. The zero-order valence-corrected chi connectivity index (χ0v) is 10.5.